The lowest BCUT2D eigenvalue weighted by atomic mass is 9.85. The maximum atomic E-state index is 13.7. The van der Waals surface area contributed by atoms with Gasteiger partial charge in [0.05, 0.1) is 0 Å². The summed E-state index contributed by atoms with van der Waals surface area (Å²) in [5.41, 5.74) is 0.972. The molecule has 4 nitrogen and oxygen atoms in total. The molecule has 112 valence electrons. The van der Waals surface area contributed by atoms with Crippen molar-refractivity contribution in [1.29, 1.82) is 0 Å². The third-order valence-electron chi connectivity index (χ3n) is 4.32. The molecule has 3 rings (SSSR count). The van der Waals surface area contributed by atoms with Crippen LogP contribution in [0.15, 0.2) is 24.3 Å². The van der Waals surface area contributed by atoms with Crippen molar-refractivity contribution in [2.24, 2.45) is 5.92 Å². The summed E-state index contributed by atoms with van der Waals surface area (Å²) >= 11 is 0. The van der Waals surface area contributed by atoms with Gasteiger partial charge in [-0.3, -0.25) is 4.79 Å². The average molecular weight is 290 g/mol. The second-order valence-electron chi connectivity index (χ2n) is 5.69. The van der Waals surface area contributed by atoms with Crippen LogP contribution in [0.5, 0.6) is 0 Å². The van der Waals surface area contributed by atoms with Crippen LogP contribution in [-0.4, -0.2) is 28.6 Å². The van der Waals surface area contributed by atoms with Crippen LogP contribution in [0.1, 0.15) is 36.2 Å². The van der Waals surface area contributed by atoms with Crippen LogP contribution in [0.4, 0.5) is 4.39 Å². The van der Waals surface area contributed by atoms with Crippen molar-refractivity contribution in [2.75, 3.05) is 6.61 Å². The van der Waals surface area contributed by atoms with E-state index in [-0.39, 0.29) is 30.3 Å². The summed E-state index contributed by atoms with van der Waals surface area (Å²) in [6, 6.07) is 6.26. The second kappa shape index (κ2) is 5.85. The van der Waals surface area contributed by atoms with Gasteiger partial charge in [0.15, 0.2) is 0 Å². The molecule has 1 aliphatic rings. The molecule has 0 radical (unpaired) electrons. The Bertz CT molecular complexity index is 653. The van der Waals surface area contributed by atoms with E-state index >= 15 is 0 Å². The molecule has 0 aliphatic heterocycles. The SMILES string of the molecule is O=C(NC1CCCCC1CO)c1cc2c(F)cccc2[nH]1. The lowest BCUT2D eigenvalue weighted by Gasteiger charge is -2.30. The van der Waals surface area contributed by atoms with Gasteiger partial charge in [-0.25, -0.2) is 4.39 Å². The van der Waals surface area contributed by atoms with E-state index in [9.17, 15) is 14.3 Å². The molecular weight excluding hydrogens is 271 g/mol. The number of fused-ring (bicyclic) bond motifs is 1. The van der Waals surface area contributed by atoms with E-state index in [4.69, 9.17) is 0 Å². The molecule has 1 aromatic heterocycles. The number of rotatable bonds is 3. The minimum atomic E-state index is -0.339. The van der Waals surface area contributed by atoms with E-state index < -0.39 is 0 Å². The van der Waals surface area contributed by atoms with Crippen molar-refractivity contribution in [1.82, 2.24) is 10.3 Å². The predicted molar refractivity (Wildman–Crippen MR) is 78.6 cm³/mol. The second-order valence-corrected chi connectivity index (χ2v) is 5.69. The van der Waals surface area contributed by atoms with Crippen molar-refractivity contribution < 1.29 is 14.3 Å². The van der Waals surface area contributed by atoms with E-state index in [2.05, 4.69) is 10.3 Å². The maximum absolute atomic E-state index is 13.7. The van der Waals surface area contributed by atoms with Crippen LogP contribution < -0.4 is 5.32 Å². The summed E-state index contributed by atoms with van der Waals surface area (Å²) in [4.78, 5) is 15.3. The van der Waals surface area contributed by atoms with Crippen LogP contribution in [0.3, 0.4) is 0 Å². The number of benzene rings is 1. The number of carbonyl (C=O) groups is 1. The number of amides is 1. The zero-order valence-electron chi connectivity index (χ0n) is 11.7. The summed E-state index contributed by atoms with van der Waals surface area (Å²) in [7, 11) is 0. The molecule has 1 aromatic carbocycles. The largest absolute Gasteiger partial charge is 0.396 e. The highest BCUT2D eigenvalue weighted by Crippen LogP contribution is 2.25. The normalized spacial score (nSPS) is 22.4. The van der Waals surface area contributed by atoms with Gasteiger partial charge in [-0.15, -0.1) is 0 Å². The molecule has 1 aliphatic carbocycles. The fourth-order valence-corrected chi connectivity index (χ4v) is 3.10. The molecule has 2 unspecified atom stereocenters. The van der Waals surface area contributed by atoms with Crippen molar-refractivity contribution in [3.63, 3.8) is 0 Å². The van der Waals surface area contributed by atoms with Crippen LogP contribution in [0.2, 0.25) is 0 Å². The van der Waals surface area contributed by atoms with Gasteiger partial charge in [0.2, 0.25) is 0 Å². The molecule has 1 heterocycles. The van der Waals surface area contributed by atoms with E-state index in [0.717, 1.165) is 25.7 Å². The Hall–Kier alpha value is -1.88. The Morgan fingerprint density at radius 2 is 2.19 bits per heavy atom. The van der Waals surface area contributed by atoms with Crippen molar-refractivity contribution in [3.05, 3.63) is 35.8 Å². The van der Waals surface area contributed by atoms with Crippen molar-refractivity contribution >= 4 is 16.8 Å². The molecule has 5 heteroatoms. The Kier molecular flexibility index (Phi) is 3.92. The highest BCUT2D eigenvalue weighted by molar-refractivity contribution is 5.98. The third kappa shape index (κ3) is 2.78. The van der Waals surface area contributed by atoms with Gasteiger partial charge in [0, 0.05) is 29.5 Å². The summed E-state index contributed by atoms with van der Waals surface area (Å²) < 4.78 is 13.7. The summed E-state index contributed by atoms with van der Waals surface area (Å²) in [5, 5.41) is 12.8. The average Bonchev–Trinajstić information content (AvgIpc) is 2.93. The van der Waals surface area contributed by atoms with E-state index in [1.165, 1.54) is 12.1 Å². The number of H-pyrrole nitrogens is 1. The summed E-state index contributed by atoms with van der Waals surface area (Å²) in [5.74, 6) is -0.464. The van der Waals surface area contributed by atoms with Crippen molar-refractivity contribution in [2.45, 2.75) is 31.7 Å². The number of nitrogens with one attached hydrogen (secondary N) is 2. The Morgan fingerprint density at radius 3 is 2.95 bits per heavy atom. The number of carbonyl (C=O) groups excluding carboxylic acids is 1. The van der Waals surface area contributed by atoms with Crippen LogP contribution in [0.25, 0.3) is 10.9 Å². The fourth-order valence-electron chi connectivity index (χ4n) is 3.10. The molecule has 0 spiro atoms. The lowest BCUT2D eigenvalue weighted by molar-refractivity contribution is 0.0868. The Morgan fingerprint density at radius 1 is 1.38 bits per heavy atom. The van der Waals surface area contributed by atoms with E-state index in [1.807, 2.05) is 0 Å². The highest BCUT2D eigenvalue weighted by atomic mass is 19.1. The number of aliphatic hydroxyl groups is 1. The molecule has 1 saturated carbocycles. The number of aliphatic hydroxyl groups excluding tert-OH is 1. The van der Waals surface area contributed by atoms with Gasteiger partial charge in [0.25, 0.3) is 5.91 Å². The monoisotopic (exact) mass is 290 g/mol. The highest BCUT2D eigenvalue weighted by Gasteiger charge is 2.26. The van der Waals surface area contributed by atoms with Crippen LogP contribution >= 0.6 is 0 Å². The number of hydrogen-bond donors (Lipinski definition) is 3. The first-order valence-electron chi connectivity index (χ1n) is 7.38. The first-order chi connectivity index (χ1) is 10.2. The molecule has 21 heavy (non-hydrogen) atoms. The number of aromatic amines is 1. The molecule has 3 N–H and O–H groups in total. The smallest absolute Gasteiger partial charge is 0.267 e. The number of halogens is 1. The van der Waals surface area contributed by atoms with Gasteiger partial charge in [0.1, 0.15) is 11.5 Å². The van der Waals surface area contributed by atoms with Gasteiger partial charge >= 0.3 is 0 Å². The van der Waals surface area contributed by atoms with Gasteiger partial charge in [-0.1, -0.05) is 18.9 Å². The molecule has 1 fully saturated rings. The molecular formula is C16H19FN2O2. The van der Waals surface area contributed by atoms with Crippen LogP contribution in [-0.2, 0) is 0 Å². The van der Waals surface area contributed by atoms with Gasteiger partial charge in [-0.05, 0) is 31.0 Å². The van der Waals surface area contributed by atoms with Crippen molar-refractivity contribution in [3.8, 4) is 0 Å². The van der Waals surface area contributed by atoms with Crippen LogP contribution in [0, 0.1) is 11.7 Å². The Labute approximate surface area is 122 Å². The minimum Gasteiger partial charge on any atom is -0.396 e. The predicted octanol–water partition coefficient (Wildman–Crippen LogP) is 2.59. The maximum Gasteiger partial charge on any atom is 0.267 e. The van der Waals surface area contributed by atoms with E-state index in [0.29, 0.717) is 16.6 Å². The summed E-state index contributed by atoms with van der Waals surface area (Å²) in [6.45, 7) is 0.0896. The Balaban J connectivity index is 1.78. The third-order valence-corrected chi connectivity index (χ3v) is 4.32. The first kappa shape index (κ1) is 14.1. The number of aromatic nitrogens is 1. The quantitative estimate of drug-likeness (QED) is 0.813. The summed E-state index contributed by atoms with van der Waals surface area (Å²) in [6.07, 6.45) is 3.96. The zero-order chi connectivity index (χ0) is 14.8. The first-order valence-corrected chi connectivity index (χ1v) is 7.38. The molecule has 2 atom stereocenters. The fraction of sp³-hybridized carbons (Fsp3) is 0.438. The van der Waals surface area contributed by atoms with Gasteiger partial charge in [-0.2, -0.15) is 0 Å². The minimum absolute atomic E-state index is 0.00694. The molecule has 0 saturated heterocycles. The number of hydrogen-bond acceptors (Lipinski definition) is 2. The molecule has 0 bridgehead atoms. The van der Waals surface area contributed by atoms with E-state index in [1.54, 1.807) is 12.1 Å². The zero-order valence-corrected chi connectivity index (χ0v) is 11.7. The topological polar surface area (TPSA) is 65.1 Å². The lowest BCUT2D eigenvalue weighted by Crippen LogP contribution is -2.43. The molecule has 1 amide bonds. The standard InChI is InChI=1S/C16H19FN2O2/c17-12-5-3-7-14-11(12)8-15(18-14)16(21)19-13-6-2-1-4-10(13)9-20/h3,5,7-8,10,13,18,20H,1-2,4,6,9H2,(H,19,21). The molecule has 2 aromatic rings. The van der Waals surface area contributed by atoms with Gasteiger partial charge < -0.3 is 15.4 Å².